The van der Waals surface area contributed by atoms with Gasteiger partial charge in [0.15, 0.2) is 0 Å². The molecular formula is C13H18N2O2. The number of carbonyl (C=O) groups excluding carboxylic acids is 1. The first-order valence-corrected chi connectivity index (χ1v) is 6.06. The molecule has 1 aromatic heterocycles. The average molecular weight is 234 g/mol. The number of rotatable bonds is 5. The number of esters is 1. The molecule has 17 heavy (non-hydrogen) atoms. The largest absolute Gasteiger partial charge is 0.465 e. The summed E-state index contributed by atoms with van der Waals surface area (Å²) in [6.07, 6.45) is 4.01. The number of pyridine rings is 1. The highest BCUT2D eigenvalue weighted by Gasteiger charge is 2.30. The molecule has 1 aliphatic carbocycles. The standard InChI is InChI=1S/C13H18N2O2/c1-3-17-13(16)12(15-11-6-7-11)10-5-4-9(2)14-8-10/h4-5,8,11-12,15H,3,6-7H2,1-2H3. The molecule has 2 rings (SSSR count). The lowest BCUT2D eigenvalue weighted by molar-refractivity contribution is -0.145. The van der Waals surface area contributed by atoms with E-state index < -0.39 is 0 Å². The van der Waals surface area contributed by atoms with Gasteiger partial charge in [-0.15, -0.1) is 0 Å². The number of aromatic nitrogens is 1. The quantitative estimate of drug-likeness (QED) is 0.788. The van der Waals surface area contributed by atoms with Crippen LogP contribution in [0, 0.1) is 6.92 Å². The molecular weight excluding hydrogens is 216 g/mol. The third-order valence-corrected chi connectivity index (χ3v) is 2.77. The summed E-state index contributed by atoms with van der Waals surface area (Å²) in [6, 6.07) is 3.91. The van der Waals surface area contributed by atoms with Crippen molar-refractivity contribution in [3.8, 4) is 0 Å². The molecule has 92 valence electrons. The van der Waals surface area contributed by atoms with E-state index in [2.05, 4.69) is 10.3 Å². The Hall–Kier alpha value is -1.42. The van der Waals surface area contributed by atoms with Gasteiger partial charge in [0.2, 0.25) is 0 Å². The summed E-state index contributed by atoms with van der Waals surface area (Å²) in [6.45, 7) is 4.15. The molecule has 1 N–H and O–H groups in total. The maximum atomic E-state index is 11.9. The molecule has 0 aliphatic heterocycles. The Morgan fingerprint density at radius 1 is 1.59 bits per heavy atom. The summed E-state index contributed by atoms with van der Waals surface area (Å²) in [5, 5.41) is 3.30. The van der Waals surface area contributed by atoms with Crippen LogP contribution in [0.1, 0.15) is 37.1 Å². The van der Waals surface area contributed by atoms with Gasteiger partial charge in [0.25, 0.3) is 0 Å². The lowest BCUT2D eigenvalue weighted by Crippen LogP contribution is -2.31. The van der Waals surface area contributed by atoms with Gasteiger partial charge >= 0.3 is 5.97 Å². The summed E-state index contributed by atoms with van der Waals surface area (Å²) in [4.78, 5) is 16.1. The SMILES string of the molecule is CCOC(=O)C(NC1CC1)c1ccc(C)nc1. The molecule has 0 aromatic carbocycles. The van der Waals surface area contributed by atoms with Crippen molar-refractivity contribution in [1.29, 1.82) is 0 Å². The Balaban J connectivity index is 2.12. The number of nitrogens with zero attached hydrogens (tertiary/aromatic N) is 1. The van der Waals surface area contributed by atoms with E-state index in [0.29, 0.717) is 12.6 Å². The minimum Gasteiger partial charge on any atom is -0.465 e. The van der Waals surface area contributed by atoms with Crippen LogP contribution in [-0.2, 0) is 9.53 Å². The van der Waals surface area contributed by atoms with Crippen LogP contribution in [0.5, 0.6) is 0 Å². The van der Waals surface area contributed by atoms with E-state index in [1.165, 1.54) is 0 Å². The zero-order valence-electron chi connectivity index (χ0n) is 10.3. The molecule has 0 bridgehead atoms. The number of carbonyl (C=O) groups is 1. The van der Waals surface area contributed by atoms with Crippen molar-refractivity contribution < 1.29 is 9.53 Å². The van der Waals surface area contributed by atoms with Crippen molar-refractivity contribution in [3.05, 3.63) is 29.6 Å². The maximum Gasteiger partial charge on any atom is 0.327 e. The fourth-order valence-corrected chi connectivity index (χ4v) is 1.66. The molecule has 1 aromatic rings. The Morgan fingerprint density at radius 2 is 2.35 bits per heavy atom. The van der Waals surface area contributed by atoms with Gasteiger partial charge in [0.1, 0.15) is 6.04 Å². The molecule has 0 radical (unpaired) electrons. The van der Waals surface area contributed by atoms with Crippen molar-refractivity contribution in [2.45, 2.75) is 38.8 Å². The number of hydrogen-bond acceptors (Lipinski definition) is 4. The number of aryl methyl sites for hydroxylation is 1. The normalized spacial score (nSPS) is 16.6. The van der Waals surface area contributed by atoms with Crippen LogP contribution in [0.2, 0.25) is 0 Å². The van der Waals surface area contributed by atoms with Gasteiger partial charge in [-0.05, 0) is 38.3 Å². The van der Waals surface area contributed by atoms with Crippen LogP contribution in [0.3, 0.4) is 0 Å². The van der Waals surface area contributed by atoms with Crippen LogP contribution in [0.25, 0.3) is 0 Å². The molecule has 1 heterocycles. The van der Waals surface area contributed by atoms with Crippen LogP contribution < -0.4 is 5.32 Å². The molecule has 1 saturated carbocycles. The van der Waals surface area contributed by atoms with E-state index in [-0.39, 0.29) is 12.0 Å². The highest BCUT2D eigenvalue weighted by molar-refractivity contribution is 5.77. The first-order valence-electron chi connectivity index (χ1n) is 6.06. The second-order valence-electron chi connectivity index (χ2n) is 4.36. The first kappa shape index (κ1) is 12.0. The molecule has 1 unspecified atom stereocenters. The summed E-state index contributed by atoms with van der Waals surface area (Å²) < 4.78 is 5.09. The third-order valence-electron chi connectivity index (χ3n) is 2.77. The highest BCUT2D eigenvalue weighted by atomic mass is 16.5. The Bertz CT molecular complexity index is 385. The zero-order valence-corrected chi connectivity index (χ0v) is 10.3. The Labute approximate surface area is 101 Å². The van der Waals surface area contributed by atoms with Gasteiger partial charge in [0.05, 0.1) is 6.61 Å². The van der Waals surface area contributed by atoms with Gasteiger partial charge in [-0.2, -0.15) is 0 Å². The number of hydrogen-bond donors (Lipinski definition) is 1. The Kier molecular flexibility index (Phi) is 3.74. The van der Waals surface area contributed by atoms with E-state index in [1.807, 2.05) is 26.0 Å². The predicted molar refractivity (Wildman–Crippen MR) is 64.5 cm³/mol. The van der Waals surface area contributed by atoms with E-state index in [1.54, 1.807) is 6.20 Å². The van der Waals surface area contributed by atoms with Gasteiger partial charge in [-0.25, -0.2) is 4.79 Å². The molecule has 4 heteroatoms. The summed E-state index contributed by atoms with van der Waals surface area (Å²) >= 11 is 0. The summed E-state index contributed by atoms with van der Waals surface area (Å²) in [5.74, 6) is -0.218. The molecule has 1 fully saturated rings. The second kappa shape index (κ2) is 5.27. The molecule has 0 spiro atoms. The first-order chi connectivity index (χ1) is 8.20. The minimum absolute atomic E-state index is 0.218. The maximum absolute atomic E-state index is 11.9. The molecule has 0 saturated heterocycles. The second-order valence-corrected chi connectivity index (χ2v) is 4.36. The van der Waals surface area contributed by atoms with Crippen molar-refractivity contribution in [2.24, 2.45) is 0 Å². The number of ether oxygens (including phenoxy) is 1. The van der Waals surface area contributed by atoms with Crippen molar-refractivity contribution in [1.82, 2.24) is 10.3 Å². The average Bonchev–Trinajstić information content (AvgIpc) is 3.11. The van der Waals surface area contributed by atoms with E-state index in [4.69, 9.17) is 4.74 Å². The van der Waals surface area contributed by atoms with Crippen LogP contribution in [-0.4, -0.2) is 23.6 Å². The minimum atomic E-state index is -0.379. The molecule has 4 nitrogen and oxygen atoms in total. The van der Waals surface area contributed by atoms with Gasteiger partial charge < -0.3 is 4.74 Å². The topological polar surface area (TPSA) is 51.2 Å². The van der Waals surface area contributed by atoms with Gasteiger partial charge in [-0.1, -0.05) is 6.07 Å². The molecule has 1 atom stereocenters. The van der Waals surface area contributed by atoms with Crippen molar-refractivity contribution in [2.75, 3.05) is 6.61 Å². The third kappa shape index (κ3) is 3.27. The lowest BCUT2D eigenvalue weighted by atomic mass is 10.1. The van der Waals surface area contributed by atoms with Crippen LogP contribution >= 0.6 is 0 Å². The number of nitrogens with one attached hydrogen (secondary N) is 1. The summed E-state index contributed by atoms with van der Waals surface area (Å²) in [5.41, 5.74) is 1.82. The zero-order chi connectivity index (χ0) is 12.3. The van der Waals surface area contributed by atoms with E-state index in [9.17, 15) is 4.79 Å². The van der Waals surface area contributed by atoms with Crippen LogP contribution in [0.15, 0.2) is 18.3 Å². The van der Waals surface area contributed by atoms with E-state index >= 15 is 0 Å². The van der Waals surface area contributed by atoms with Crippen molar-refractivity contribution >= 4 is 5.97 Å². The Morgan fingerprint density at radius 3 is 2.88 bits per heavy atom. The summed E-state index contributed by atoms with van der Waals surface area (Å²) in [7, 11) is 0. The lowest BCUT2D eigenvalue weighted by Gasteiger charge is -2.17. The van der Waals surface area contributed by atoms with Gasteiger partial charge in [-0.3, -0.25) is 10.3 Å². The molecule has 1 aliphatic rings. The highest BCUT2D eigenvalue weighted by Crippen LogP contribution is 2.24. The van der Waals surface area contributed by atoms with Gasteiger partial charge in [0, 0.05) is 17.9 Å². The van der Waals surface area contributed by atoms with Crippen LogP contribution in [0.4, 0.5) is 0 Å². The monoisotopic (exact) mass is 234 g/mol. The smallest absolute Gasteiger partial charge is 0.327 e. The fourth-order valence-electron chi connectivity index (χ4n) is 1.66. The fraction of sp³-hybridized carbons (Fsp3) is 0.538. The predicted octanol–water partition coefficient (Wildman–Crippen LogP) is 1.75. The van der Waals surface area contributed by atoms with Crippen molar-refractivity contribution in [3.63, 3.8) is 0 Å². The molecule has 0 amide bonds. The van der Waals surface area contributed by atoms with E-state index in [0.717, 1.165) is 24.1 Å².